The number of alkyl halides is 3. The standard InChI is InChI=1S/C67H33F3N8/c1-72-45-26-31-50(56(37-45)67(68,69)70)55-38-66(78-63-34-42(48-16-8-12-20-59(48)75-4)24-29-53(63)54-30-25-43(35-64(54)78)49-17-9-13-21-60(49)76-5)65(36-44(55)39-71)77-61-32-40(46-14-6-10-18-57(46)73-2)22-27-51(61)52-28-23-41(33-62(52)77)47-15-7-11-19-58(47)74-3/h6-38H. The maximum Gasteiger partial charge on any atom is 0.415 e. The molecule has 0 aliphatic carbocycles. The van der Waals surface area contributed by atoms with Gasteiger partial charge in [-0.05, 0) is 92.5 Å². The van der Waals surface area contributed by atoms with Crippen LogP contribution in [0.4, 0.5) is 41.6 Å². The highest BCUT2D eigenvalue weighted by atomic mass is 19.4. The maximum absolute atomic E-state index is 15.5. The Morgan fingerprint density at radius 1 is 0.359 bits per heavy atom. The molecule has 0 bridgehead atoms. The molecular formula is C67H33F3N8. The first kappa shape index (κ1) is 47.5. The van der Waals surface area contributed by atoms with Crippen molar-refractivity contribution >= 4 is 72.0 Å². The van der Waals surface area contributed by atoms with E-state index in [-0.39, 0.29) is 22.4 Å². The van der Waals surface area contributed by atoms with Gasteiger partial charge in [-0.1, -0.05) is 158 Å². The lowest BCUT2D eigenvalue weighted by atomic mass is 9.93. The molecular weight excluding hydrogens is 974 g/mol. The van der Waals surface area contributed by atoms with E-state index in [4.69, 9.17) is 32.9 Å². The molecule has 0 N–H and O–H groups in total. The minimum atomic E-state index is -4.94. The molecule has 0 saturated heterocycles. The number of fused-ring (bicyclic) bond motifs is 6. The summed E-state index contributed by atoms with van der Waals surface area (Å²) in [5.74, 6) is 0. The average Bonchev–Trinajstić information content (AvgIpc) is 4.04. The van der Waals surface area contributed by atoms with Crippen LogP contribution >= 0.6 is 0 Å². The normalized spacial score (nSPS) is 11.2. The van der Waals surface area contributed by atoms with Crippen molar-refractivity contribution in [3.63, 3.8) is 0 Å². The third-order valence-corrected chi connectivity index (χ3v) is 14.3. The Kier molecular flexibility index (Phi) is 11.4. The zero-order valence-corrected chi connectivity index (χ0v) is 40.8. The van der Waals surface area contributed by atoms with Crippen LogP contribution in [0.5, 0.6) is 0 Å². The van der Waals surface area contributed by atoms with Gasteiger partial charge in [-0.25, -0.2) is 24.2 Å². The van der Waals surface area contributed by atoms with Crippen molar-refractivity contribution in [3.8, 4) is 73.1 Å². The molecule has 12 aromatic rings. The summed E-state index contributed by atoms with van der Waals surface area (Å²) >= 11 is 0. The molecule has 78 heavy (non-hydrogen) atoms. The average molecular weight is 1010 g/mol. The summed E-state index contributed by atoms with van der Waals surface area (Å²) < 4.78 is 50.3. The van der Waals surface area contributed by atoms with Gasteiger partial charge in [0.25, 0.3) is 0 Å². The van der Waals surface area contributed by atoms with E-state index in [0.29, 0.717) is 101 Å². The number of nitriles is 1. The number of hydrogen-bond donors (Lipinski definition) is 0. The van der Waals surface area contributed by atoms with E-state index in [1.165, 1.54) is 12.1 Å². The molecule has 0 radical (unpaired) electrons. The van der Waals surface area contributed by atoms with Gasteiger partial charge in [0.2, 0.25) is 0 Å². The second-order valence-electron chi connectivity index (χ2n) is 18.5. The molecule has 0 fully saturated rings. The van der Waals surface area contributed by atoms with Gasteiger partial charge in [0, 0.05) is 27.1 Å². The first-order valence-electron chi connectivity index (χ1n) is 24.3. The lowest BCUT2D eigenvalue weighted by Crippen LogP contribution is -2.09. The first-order chi connectivity index (χ1) is 38.0. The molecule has 0 unspecified atom stereocenters. The summed E-state index contributed by atoms with van der Waals surface area (Å²) in [5, 5.41) is 14.4. The Balaban J connectivity index is 1.30. The Bertz CT molecular complexity index is 4590. The molecule has 0 saturated carbocycles. The van der Waals surface area contributed by atoms with Crippen molar-refractivity contribution in [2.45, 2.75) is 6.18 Å². The van der Waals surface area contributed by atoms with Crippen LogP contribution in [-0.4, -0.2) is 9.13 Å². The highest BCUT2D eigenvalue weighted by molar-refractivity contribution is 6.14. The van der Waals surface area contributed by atoms with Gasteiger partial charge in [0.15, 0.2) is 28.4 Å². The molecule has 12 rings (SSSR count). The van der Waals surface area contributed by atoms with Crippen molar-refractivity contribution in [1.29, 1.82) is 5.26 Å². The van der Waals surface area contributed by atoms with Crippen molar-refractivity contribution in [2.75, 3.05) is 0 Å². The Hall–Kier alpha value is -11.5. The molecule has 0 aliphatic heterocycles. The van der Waals surface area contributed by atoms with Gasteiger partial charge < -0.3 is 9.13 Å². The lowest BCUT2D eigenvalue weighted by molar-refractivity contribution is -0.137. The van der Waals surface area contributed by atoms with Gasteiger partial charge in [-0.3, -0.25) is 0 Å². The smallest absolute Gasteiger partial charge is 0.307 e. The predicted octanol–water partition coefficient (Wildman–Crippen LogP) is 19.9. The van der Waals surface area contributed by atoms with E-state index >= 15 is 13.2 Å². The maximum atomic E-state index is 15.5. The van der Waals surface area contributed by atoms with Crippen molar-refractivity contribution < 1.29 is 13.2 Å². The number of nitrogens with zero attached hydrogens (tertiary/aromatic N) is 8. The van der Waals surface area contributed by atoms with Crippen LogP contribution in [0.3, 0.4) is 0 Å². The zero-order chi connectivity index (χ0) is 53.8. The minimum Gasteiger partial charge on any atom is -0.307 e. The Morgan fingerprint density at radius 2 is 0.705 bits per heavy atom. The number of rotatable bonds is 7. The van der Waals surface area contributed by atoms with Gasteiger partial charge in [0.1, 0.15) is 0 Å². The minimum absolute atomic E-state index is 0.0433. The summed E-state index contributed by atoms with van der Waals surface area (Å²) in [6.07, 6.45) is -4.94. The topological polar surface area (TPSA) is 55.4 Å². The third-order valence-electron chi connectivity index (χ3n) is 14.3. The SMILES string of the molecule is [C-]#[N+]c1ccc(-c2cc(-n3c4cc(-c5ccccc5[N+]#[C-])ccc4c4ccc(-c5ccccc5[N+]#[C-])cc43)c(-n3c4cc(-c5ccccc5[N+]#[C-])ccc4c4ccc(-c5ccccc5[N+]#[C-])cc43)cc2C#N)c(C(F)(F)F)c1. The molecule has 10 aromatic carbocycles. The van der Waals surface area contributed by atoms with Gasteiger partial charge in [-0.2, -0.15) is 18.4 Å². The highest BCUT2D eigenvalue weighted by Gasteiger charge is 2.35. The highest BCUT2D eigenvalue weighted by Crippen LogP contribution is 2.48. The Morgan fingerprint density at radius 3 is 1.03 bits per heavy atom. The lowest BCUT2D eigenvalue weighted by Gasteiger charge is -2.21. The first-order valence-corrected chi connectivity index (χ1v) is 24.3. The molecule has 0 aliphatic rings. The van der Waals surface area contributed by atoms with E-state index in [1.54, 1.807) is 60.7 Å². The largest absolute Gasteiger partial charge is 0.415 e. The summed E-state index contributed by atoms with van der Waals surface area (Å²) in [6, 6.07) is 61.5. The fraction of sp³-hybridized carbons (Fsp3) is 0.0149. The van der Waals surface area contributed by atoms with Gasteiger partial charge in [-0.15, -0.1) is 0 Å². The van der Waals surface area contributed by atoms with Crippen molar-refractivity contribution in [3.05, 3.63) is 268 Å². The van der Waals surface area contributed by atoms with Crippen LogP contribution in [-0.2, 0) is 6.18 Å². The predicted molar refractivity (Wildman–Crippen MR) is 303 cm³/mol. The van der Waals surface area contributed by atoms with Crippen LogP contribution in [0.25, 0.3) is 135 Å². The molecule has 0 amide bonds. The second kappa shape index (κ2) is 18.8. The Labute approximate surface area is 445 Å². The van der Waals surface area contributed by atoms with Crippen molar-refractivity contribution in [1.82, 2.24) is 9.13 Å². The molecule has 11 heteroatoms. The number of para-hydroxylation sites is 4. The van der Waals surface area contributed by atoms with E-state index < -0.39 is 11.7 Å². The van der Waals surface area contributed by atoms with Crippen LogP contribution in [0.15, 0.2) is 200 Å². The van der Waals surface area contributed by atoms with E-state index in [9.17, 15) is 5.26 Å². The third kappa shape index (κ3) is 7.73. The number of halogens is 3. The van der Waals surface area contributed by atoms with Crippen LogP contribution in [0, 0.1) is 44.2 Å². The molecule has 2 aromatic heterocycles. The quantitative estimate of drug-likeness (QED) is 0.147. The fourth-order valence-corrected chi connectivity index (χ4v) is 10.8. The van der Waals surface area contributed by atoms with Gasteiger partial charge >= 0.3 is 6.18 Å². The van der Waals surface area contributed by atoms with Crippen molar-refractivity contribution in [2.24, 2.45) is 0 Å². The number of aromatic nitrogens is 2. The second-order valence-corrected chi connectivity index (χ2v) is 18.5. The molecule has 0 spiro atoms. The van der Waals surface area contributed by atoms with Crippen LogP contribution in [0.2, 0.25) is 0 Å². The van der Waals surface area contributed by atoms with Gasteiger partial charge in [0.05, 0.1) is 83.5 Å². The summed E-state index contributed by atoms with van der Waals surface area (Å²) in [6.45, 7) is 40.0. The van der Waals surface area contributed by atoms with E-state index in [2.05, 4.69) is 30.3 Å². The molecule has 2 heterocycles. The molecule has 362 valence electrons. The fourth-order valence-electron chi connectivity index (χ4n) is 10.8. The summed E-state index contributed by atoms with van der Waals surface area (Å²) in [4.78, 5) is 18.7. The van der Waals surface area contributed by atoms with E-state index in [1.807, 2.05) is 130 Å². The summed E-state index contributed by atoms with van der Waals surface area (Å²) in [5.41, 5.74) is 8.71. The van der Waals surface area contributed by atoms with Crippen LogP contribution < -0.4 is 0 Å². The summed E-state index contributed by atoms with van der Waals surface area (Å²) in [7, 11) is 0. The zero-order valence-electron chi connectivity index (χ0n) is 40.8. The monoisotopic (exact) mass is 1010 g/mol. The molecule has 0 atom stereocenters. The van der Waals surface area contributed by atoms with Crippen LogP contribution in [0.1, 0.15) is 11.1 Å². The number of hydrogen-bond acceptors (Lipinski definition) is 1. The molecule has 8 nitrogen and oxygen atoms in total. The van der Waals surface area contributed by atoms with E-state index in [0.717, 1.165) is 27.6 Å². The number of benzene rings is 10.